The number of hydrogen-bond acceptors (Lipinski definition) is 5. The van der Waals surface area contributed by atoms with E-state index in [-0.39, 0.29) is 18.7 Å². The standard InChI is InChI=1S/C19H24N4O3/c1-22(2)16(13-6-7-17-18(8-13)26-11-25-17)10-20-19(24)15-9-14(12-4-5-12)21-23(15)3/h6-9,12,16H,4-5,10-11H2,1-3H3,(H,20,24)/t16-/m0/s1. The molecule has 1 aromatic carbocycles. The molecule has 2 heterocycles. The van der Waals surface area contributed by atoms with E-state index < -0.39 is 0 Å². The molecule has 1 aliphatic heterocycles. The van der Waals surface area contributed by atoms with Gasteiger partial charge in [0, 0.05) is 19.5 Å². The maximum atomic E-state index is 12.6. The minimum absolute atomic E-state index is 0.0320. The van der Waals surface area contributed by atoms with Crippen molar-refractivity contribution in [2.45, 2.75) is 24.8 Å². The molecule has 0 bridgehead atoms. The smallest absolute Gasteiger partial charge is 0.269 e. The topological polar surface area (TPSA) is 68.6 Å². The monoisotopic (exact) mass is 356 g/mol. The van der Waals surface area contributed by atoms with Crippen molar-refractivity contribution in [3.63, 3.8) is 0 Å². The van der Waals surface area contributed by atoms with E-state index in [0.29, 0.717) is 18.2 Å². The maximum absolute atomic E-state index is 12.6. The molecule has 1 aromatic heterocycles. The summed E-state index contributed by atoms with van der Waals surface area (Å²) in [5.41, 5.74) is 2.70. The van der Waals surface area contributed by atoms with Gasteiger partial charge in [0.05, 0.1) is 11.7 Å². The fraction of sp³-hybridized carbons (Fsp3) is 0.474. The number of likely N-dealkylation sites (N-methyl/N-ethyl adjacent to an activating group) is 1. The minimum atomic E-state index is -0.0977. The van der Waals surface area contributed by atoms with Crippen LogP contribution in [0.25, 0.3) is 0 Å². The number of carbonyl (C=O) groups is 1. The van der Waals surface area contributed by atoms with Gasteiger partial charge in [-0.15, -0.1) is 0 Å². The Bertz CT molecular complexity index is 826. The number of aryl methyl sites for hydroxylation is 1. The van der Waals surface area contributed by atoms with Crippen LogP contribution in [0.3, 0.4) is 0 Å². The summed E-state index contributed by atoms with van der Waals surface area (Å²) in [4.78, 5) is 14.7. The van der Waals surface area contributed by atoms with E-state index in [9.17, 15) is 4.79 Å². The van der Waals surface area contributed by atoms with Crippen LogP contribution >= 0.6 is 0 Å². The maximum Gasteiger partial charge on any atom is 0.269 e. The zero-order valence-corrected chi connectivity index (χ0v) is 15.4. The number of rotatable bonds is 6. The van der Waals surface area contributed by atoms with Crippen LogP contribution in [0.1, 0.15) is 46.5 Å². The number of benzene rings is 1. The first kappa shape index (κ1) is 16.9. The van der Waals surface area contributed by atoms with Crippen LogP contribution in [0.15, 0.2) is 24.3 Å². The van der Waals surface area contributed by atoms with E-state index in [4.69, 9.17) is 9.47 Å². The molecule has 1 aliphatic carbocycles. The number of aromatic nitrogens is 2. The molecule has 0 saturated heterocycles. The van der Waals surface area contributed by atoms with Crippen molar-refractivity contribution in [1.29, 1.82) is 0 Å². The molecule has 26 heavy (non-hydrogen) atoms. The average Bonchev–Trinajstić information content (AvgIpc) is 3.22. The first-order chi connectivity index (χ1) is 12.5. The van der Waals surface area contributed by atoms with Gasteiger partial charge in [0.25, 0.3) is 5.91 Å². The van der Waals surface area contributed by atoms with Crippen molar-refractivity contribution in [3.8, 4) is 11.5 Å². The minimum Gasteiger partial charge on any atom is -0.454 e. The third kappa shape index (κ3) is 3.26. The normalized spacial score (nSPS) is 16.8. The molecule has 4 rings (SSSR count). The molecule has 0 spiro atoms. The molecule has 0 radical (unpaired) electrons. The van der Waals surface area contributed by atoms with Gasteiger partial charge in [-0.1, -0.05) is 6.07 Å². The van der Waals surface area contributed by atoms with Crippen LogP contribution in [-0.4, -0.2) is 48.0 Å². The van der Waals surface area contributed by atoms with E-state index in [0.717, 1.165) is 22.8 Å². The van der Waals surface area contributed by atoms with Crippen LogP contribution in [0.4, 0.5) is 0 Å². The predicted molar refractivity (Wildman–Crippen MR) is 96.5 cm³/mol. The summed E-state index contributed by atoms with van der Waals surface area (Å²) in [6, 6.07) is 7.86. The Hall–Kier alpha value is -2.54. The van der Waals surface area contributed by atoms with Crippen molar-refractivity contribution in [1.82, 2.24) is 20.0 Å². The summed E-state index contributed by atoms with van der Waals surface area (Å²) in [6.07, 6.45) is 2.34. The van der Waals surface area contributed by atoms with Gasteiger partial charge >= 0.3 is 0 Å². The number of carbonyl (C=O) groups excluding carboxylic acids is 1. The van der Waals surface area contributed by atoms with Gasteiger partial charge in [-0.25, -0.2) is 0 Å². The molecular weight excluding hydrogens is 332 g/mol. The molecular formula is C19H24N4O3. The zero-order valence-electron chi connectivity index (χ0n) is 15.4. The van der Waals surface area contributed by atoms with Gasteiger partial charge in [0.2, 0.25) is 6.79 Å². The van der Waals surface area contributed by atoms with E-state index in [1.54, 1.807) is 4.68 Å². The van der Waals surface area contributed by atoms with Crippen LogP contribution in [0, 0.1) is 0 Å². The number of fused-ring (bicyclic) bond motifs is 1. The molecule has 1 fully saturated rings. The van der Waals surface area contributed by atoms with Crippen LogP contribution in [0.5, 0.6) is 11.5 Å². The number of hydrogen-bond donors (Lipinski definition) is 1. The Morgan fingerprint density at radius 2 is 2.08 bits per heavy atom. The summed E-state index contributed by atoms with van der Waals surface area (Å²) in [6.45, 7) is 0.751. The van der Waals surface area contributed by atoms with Crippen LogP contribution < -0.4 is 14.8 Å². The molecule has 0 unspecified atom stereocenters. The Morgan fingerprint density at radius 1 is 1.31 bits per heavy atom. The lowest BCUT2D eigenvalue weighted by Gasteiger charge is -2.25. The zero-order chi connectivity index (χ0) is 18.3. The Balaban J connectivity index is 1.46. The van der Waals surface area contributed by atoms with Crippen LogP contribution in [0.2, 0.25) is 0 Å². The molecule has 138 valence electrons. The van der Waals surface area contributed by atoms with Gasteiger partial charge < -0.3 is 19.7 Å². The van der Waals surface area contributed by atoms with Gasteiger partial charge in [0.15, 0.2) is 11.5 Å². The number of nitrogens with zero attached hydrogens (tertiary/aromatic N) is 3. The van der Waals surface area contributed by atoms with Gasteiger partial charge in [-0.3, -0.25) is 9.48 Å². The third-order valence-corrected chi connectivity index (χ3v) is 4.99. The molecule has 2 aromatic rings. The van der Waals surface area contributed by atoms with Crippen molar-refractivity contribution in [2.24, 2.45) is 7.05 Å². The van der Waals surface area contributed by atoms with Gasteiger partial charge in [0.1, 0.15) is 5.69 Å². The van der Waals surface area contributed by atoms with Gasteiger partial charge in [-0.2, -0.15) is 5.10 Å². The SMILES string of the molecule is CN(C)[C@@H](CNC(=O)c1cc(C2CC2)nn1C)c1ccc2c(c1)OCO2. The first-order valence-corrected chi connectivity index (χ1v) is 8.91. The average molecular weight is 356 g/mol. The third-order valence-electron chi connectivity index (χ3n) is 4.99. The Kier molecular flexibility index (Phi) is 4.32. The highest BCUT2D eigenvalue weighted by Crippen LogP contribution is 2.39. The lowest BCUT2D eigenvalue weighted by atomic mass is 10.1. The largest absolute Gasteiger partial charge is 0.454 e. The Labute approximate surface area is 152 Å². The molecule has 1 atom stereocenters. The number of nitrogens with one attached hydrogen (secondary N) is 1. The summed E-state index contributed by atoms with van der Waals surface area (Å²) < 4.78 is 12.5. The Morgan fingerprint density at radius 3 is 2.81 bits per heavy atom. The summed E-state index contributed by atoms with van der Waals surface area (Å²) >= 11 is 0. The number of amides is 1. The highest BCUT2D eigenvalue weighted by Gasteiger charge is 2.28. The summed E-state index contributed by atoms with van der Waals surface area (Å²) in [5.74, 6) is 1.95. The second-order valence-electron chi connectivity index (χ2n) is 7.15. The molecule has 1 amide bonds. The van der Waals surface area contributed by atoms with Crippen LogP contribution in [-0.2, 0) is 7.05 Å². The lowest BCUT2D eigenvalue weighted by molar-refractivity contribution is 0.0932. The van der Waals surface area contributed by atoms with Gasteiger partial charge in [-0.05, 0) is 50.7 Å². The molecule has 7 nitrogen and oxygen atoms in total. The molecule has 7 heteroatoms. The first-order valence-electron chi connectivity index (χ1n) is 8.91. The van der Waals surface area contributed by atoms with Crippen molar-refractivity contribution >= 4 is 5.91 Å². The summed E-state index contributed by atoms with van der Waals surface area (Å²) in [5, 5.41) is 7.51. The molecule has 1 N–H and O–H groups in total. The fourth-order valence-electron chi connectivity index (χ4n) is 3.28. The second kappa shape index (κ2) is 6.64. The number of ether oxygens (including phenoxy) is 2. The predicted octanol–water partition coefficient (Wildman–Crippen LogP) is 2.06. The second-order valence-corrected chi connectivity index (χ2v) is 7.15. The van der Waals surface area contributed by atoms with Crippen molar-refractivity contribution < 1.29 is 14.3 Å². The molecule has 2 aliphatic rings. The highest BCUT2D eigenvalue weighted by molar-refractivity contribution is 5.92. The van der Waals surface area contributed by atoms with Crippen molar-refractivity contribution in [3.05, 3.63) is 41.2 Å². The fourth-order valence-corrected chi connectivity index (χ4v) is 3.28. The van der Waals surface area contributed by atoms with E-state index in [1.807, 2.05) is 45.4 Å². The lowest BCUT2D eigenvalue weighted by Crippen LogP contribution is -2.35. The van der Waals surface area contributed by atoms with E-state index in [1.165, 1.54) is 12.8 Å². The quantitative estimate of drug-likeness (QED) is 0.858. The van der Waals surface area contributed by atoms with E-state index >= 15 is 0 Å². The van der Waals surface area contributed by atoms with E-state index in [2.05, 4.69) is 15.3 Å². The molecule has 1 saturated carbocycles. The highest BCUT2D eigenvalue weighted by atomic mass is 16.7. The summed E-state index contributed by atoms with van der Waals surface area (Å²) in [7, 11) is 5.81. The van der Waals surface area contributed by atoms with Crippen molar-refractivity contribution in [2.75, 3.05) is 27.4 Å².